The Bertz CT molecular complexity index is 427. The zero-order valence-corrected chi connectivity index (χ0v) is 10.6. The molecule has 0 radical (unpaired) electrons. The van der Waals surface area contributed by atoms with Gasteiger partial charge in [0.25, 0.3) is 6.43 Å². The highest BCUT2D eigenvalue weighted by molar-refractivity contribution is 9.10. The van der Waals surface area contributed by atoms with E-state index < -0.39 is 12.4 Å². The molecule has 0 amide bonds. The van der Waals surface area contributed by atoms with E-state index in [4.69, 9.17) is 10.5 Å². The van der Waals surface area contributed by atoms with Crippen LogP contribution in [0, 0.1) is 0 Å². The minimum Gasteiger partial charge on any atom is -0.462 e. The molecule has 17 heavy (non-hydrogen) atoms. The van der Waals surface area contributed by atoms with E-state index in [2.05, 4.69) is 20.9 Å². The summed E-state index contributed by atoms with van der Waals surface area (Å²) < 4.78 is 30.4. The van der Waals surface area contributed by atoms with Gasteiger partial charge in [0.05, 0.1) is 23.4 Å². The molecule has 0 fully saturated rings. The number of hydrogen-bond acceptors (Lipinski definition) is 4. The number of carbonyl (C=O) groups is 1. The van der Waals surface area contributed by atoms with Crippen molar-refractivity contribution >= 4 is 21.9 Å². The molecule has 7 heteroatoms. The molecule has 0 aliphatic rings. The standard InChI is InChI=1S/C10H11BrF2N2O2/c1-2-17-10(16)5-4-15-6(3-14)7(8(5)11)9(12)13/h4,9H,2-3,14H2,1H3. The van der Waals surface area contributed by atoms with E-state index in [1.54, 1.807) is 6.92 Å². The van der Waals surface area contributed by atoms with Crippen LogP contribution in [0.3, 0.4) is 0 Å². The van der Waals surface area contributed by atoms with E-state index in [0.29, 0.717) is 0 Å². The van der Waals surface area contributed by atoms with Crippen molar-refractivity contribution in [1.82, 2.24) is 4.98 Å². The van der Waals surface area contributed by atoms with Gasteiger partial charge in [-0.25, -0.2) is 13.6 Å². The third kappa shape index (κ3) is 2.98. The Hall–Kier alpha value is -1.08. The molecule has 0 unspecified atom stereocenters. The fourth-order valence-corrected chi connectivity index (χ4v) is 1.94. The van der Waals surface area contributed by atoms with Crippen molar-refractivity contribution in [1.29, 1.82) is 0 Å². The predicted octanol–water partition coefficient (Wildman–Crippen LogP) is 2.42. The van der Waals surface area contributed by atoms with E-state index in [0.717, 1.165) is 0 Å². The summed E-state index contributed by atoms with van der Waals surface area (Å²) in [5.74, 6) is -0.697. The summed E-state index contributed by atoms with van der Waals surface area (Å²) in [5.41, 5.74) is 4.97. The largest absolute Gasteiger partial charge is 0.462 e. The number of aromatic nitrogens is 1. The van der Waals surface area contributed by atoms with Gasteiger partial charge in [-0.05, 0) is 22.9 Å². The average Bonchev–Trinajstić information content (AvgIpc) is 2.27. The third-order valence-corrected chi connectivity index (χ3v) is 2.89. The van der Waals surface area contributed by atoms with Gasteiger partial charge in [-0.2, -0.15) is 0 Å². The lowest BCUT2D eigenvalue weighted by molar-refractivity contribution is 0.0524. The maximum absolute atomic E-state index is 12.8. The van der Waals surface area contributed by atoms with Crippen LogP contribution in [0.1, 0.15) is 35.0 Å². The van der Waals surface area contributed by atoms with Crippen molar-refractivity contribution in [3.8, 4) is 0 Å². The monoisotopic (exact) mass is 308 g/mol. The third-order valence-electron chi connectivity index (χ3n) is 2.04. The second-order valence-corrected chi connectivity index (χ2v) is 3.86. The normalized spacial score (nSPS) is 10.7. The topological polar surface area (TPSA) is 65.2 Å². The number of rotatable bonds is 4. The Morgan fingerprint density at radius 2 is 2.29 bits per heavy atom. The molecule has 0 aromatic carbocycles. The fraction of sp³-hybridized carbons (Fsp3) is 0.400. The molecule has 0 aliphatic carbocycles. The molecule has 0 atom stereocenters. The predicted molar refractivity (Wildman–Crippen MR) is 60.7 cm³/mol. The van der Waals surface area contributed by atoms with Crippen LogP contribution in [-0.2, 0) is 11.3 Å². The number of halogens is 3. The number of hydrogen-bond donors (Lipinski definition) is 1. The molecular weight excluding hydrogens is 298 g/mol. The van der Waals surface area contributed by atoms with Crippen LogP contribution >= 0.6 is 15.9 Å². The molecule has 1 heterocycles. The number of nitrogens with zero attached hydrogens (tertiary/aromatic N) is 1. The summed E-state index contributed by atoms with van der Waals surface area (Å²) >= 11 is 2.97. The van der Waals surface area contributed by atoms with Crippen LogP contribution in [0.5, 0.6) is 0 Å². The molecule has 1 aromatic heterocycles. The molecule has 0 spiro atoms. The summed E-state index contributed by atoms with van der Waals surface area (Å²) in [5, 5.41) is 0. The van der Waals surface area contributed by atoms with E-state index in [1.165, 1.54) is 6.20 Å². The molecule has 2 N–H and O–H groups in total. The molecule has 0 bridgehead atoms. The quantitative estimate of drug-likeness (QED) is 0.868. The van der Waals surface area contributed by atoms with Crippen LogP contribution in [0.4, 0.5) is 8.78 Å². The van der Waals surface area contributed by atoms with Crippen LogP contribution in [0.15, 0.2) is 10.7 Å². The van der Waals surface area contributed by atoms with Crippen molar-refractivity contribution in [3.05, 3.63) is 27.5 Å². The molecule has 1 rings (SSSR count). The van der Waals surface area contributed by atoms with Crippen molar-refractivity contribution in [2.45, 2.75) is 19.9 Å². The Balaban J connectivity index is 3.27. The van der Waals surface area contributed by atoms with Crippen LogP contribution < -0.4 is 5.73 Å². The first-order valence-electron chi connectivity index (χ1n) is 4.85. The Kier molecular flexibility index (Phi) is 4.95. The van der Waals surface area contributed by atoms with Gasteiger partial charge in [-0.3, -0.25) is 4.98 Å². The molecule has 94 valence electrons. The smallest absolute Gasteiger partial charge is 0.340 e. The van der Waals surface area contributed by atoms with Crippen molar-refractivity contribution in [2.75, 3.05) is 6.61 Å². The number of pyridine rings is 1. The molecule has 1 aromatic rings. The van der Waals surface area contributed by atoms with Gasteiger partial charge in [0.15, 0.2) is 0 Å². The average molecular weight is 309 g/mol. The molecular formula is C10H11BrF2N2O2. The van der Waals surface area contributed by atoms with E-state index in [9.17, 15) is 13.6 Å². The second kappa shape index (κ2) is 6.02. The number of alkyl halides is 2. The summed E-state index contributed by atoms with van der Waals surface area (Å²) in [6.45, 7) is 1.66. The van der Waals surface area contributed by atoms with E-state index in [-0.39, 0.29) is 34.4 Å². The fourth-order valence-electron chi connectivity index (χ4n) is 1.28. The summed E-state index contributed by atoms with van der Waals surface area (Å²) in [4.78, 5) is 15.2. The summed E-state index contributed by atoms with van der Waals surface area (Å²) in [6, 6.07) is 0. The first-order chi connectivity index (χ1) is 8.02. The van der Waals surface area contributed by atoms with Gasteiger partial charge in [-0.1, -0.05) is 0 Å². The SMILES string of the molecule is CCOC(=O)c1cnc(CN)c(C(F)F)c1Br. The van der Waals surface area contributed by atoms with Gasteiger partial charge >= 0.3 is 5.97 Å². The minimum absolute atomic E-state index is 0.0126. The van der Waals surface area contributed by atoms with Crippen LogP contribution in [-0.4, -0.2) is 17.6 Å². The number of ether oxygens (including phenoxy) is 1. The molecule has 0 saturated carbocycles. The lowest BCUT2D eigenvalue weighted by atomic mass is 10.1. The number of esters is 1. The van der Waals surface area contributed by atoms with Gasteiger partial charge in [-0.15, -0.1) is 0 Å². The van der Waals surface area contributed by atoms with E-state index in [1.807, 2.05) is 0 Å². The second-order valence-electron chi connectivity index (χ2n) is 3.07. The van der Waals surface area contributed by atoms with Gasteiger partial charge in [0.2, 0.25) is 0 Å². The van der Waals surface area contributed by atoms with Crippen LogP contribution in [0.25, 0.3) is 0 Å². The van der Waals surface area contributed by atoms with E-state index >= 15 is 0 Å². The maximum Gasteiger partial charge on any atom is 0.340 e. The first-order valence-corrected chi connectivity index (χ1v) is 5.64. The summed E-state index contributed by atoms with van der Waals surface area (Å²) in [7, 11) is 0. The molecule has 0 aliphatic heterocycles. The van der Waals surface area contributed by atoms with Gasteiger partial charge < -0.3 is 10.5 Å². The number of nitrogens with two attached hydrogens (primary N) is 1. The van der Waals surface area contributed by atoms with Gasteiger partial charge in [0.1, 0.15) is 0 Å². The highest BCUT2D eigenvalue weighted by Gasteiger charge is 2.23. The number of carbonyl (C=O) groups excluding carboxylic acids is 1. The highest BCUT2D eigenvalue weighted by Crippen LogP contribution is 2.32. The Labute approximate surface area is 105 Å². The lowest BCUT2D eigenvalue weighted by Crippen LogP contribution is -2.12. The Morgan fingerprint density at radius 3 is 2.76 bits per heavy atom. The molecule has 4 nitrogen and oxygen atoms in total. The highest BCUT2D eigenvalue weighted by atomic mass is 79.9. The van der Waals surface area contributed by atoms with Gasteiger partial charge in [0, 0.05) is 17.2 Å². The van der Waals surface area contributed by atoms with Crippen molar-refractivity contribution in [2.24, 2.45) is 5.73 Å². The maximum atomic E-state index is 12.8. The zero-order chi connectivity index (χ0) is 13.0. The van der Waals surface area contributed by atoms with Crippen LogP contribution in [0.2, 0.25) is 0 Å². The lowest BCUT2D eigenvalue weighted by Gasteiger charge is -2.11. The van der Waals surface area contributed by atoms with Crippen molar-refractivity contribution in [3.63, 3.8) is 0 Å². The summed E-state index contributed by atoms with van der Waals surface area (Å²) in [6.07, 6.45) is -1.58. The Morgan fingerprint density at radius 1 is 1.65 bits per heavy atom. The minimum atomic E-state index is -2.76. The van der Waals surface area contributed by atoms with Crippen molar-refractivity contribution < 1.29 is 18.3 Å². The first kappa shape index (κ1) is 14.0. The zero-order valence-electron chi connectivity index (χ0n) is 9.04. The molecule has 0 saturated heterocycles.